The summed E-state index contributed by atoms with van der Waals surface area (Å²) in [5.41, 5.74) is 2.50. The van der Waals surface area contributed by atoms with E-state index in [1.165, 1.54) is 12.1 Å². The monoisotopic (exact) mass is 257 g/mol. The third-order valence-electron chi connectivity index (χ3n) is 2.73. The quantitative estimate of drug-likeness (QED) is 0.809. The lowest BCUT2D eigenvalue weighted by Crippen LogP contribution is -2.00. The number of hydrogen-bond donors (Lipinski definition) is 1. The molecule has 0 aromatic heterocycles. The van der Waals surface area contributed by atoms with Crippen molar-refractivity contribution in [1.29, 1.82) is 0 Å². The fourth-order valence-electron chi connectivity index (χ4n) is 1.76. The second-order valence-electron chi connectivity index (χ2n) is 4.12. The maximum atomic E-state index is 12.6. The minimum absolute atomic E-state index is 0.0386. The summed E-state index contributed by atoms with van der Waals surface area (Å²) in [7, 11) is 0. The van der Waals surface area contributed by atoms with E-state index in [2.05, 4.69) is 11.2 Å². The van der Waals surface area contributed by atoms with E-state index in [0.717, 1.165) is 16.8 Å². The van der Waals surface area contributed by atoms with E-state index in [-0.39, 0.29) is 5.56 Å². The van der Waals surface area contributed by atoms with E-state index in [1.807, 2.05) is 30.3 Å². The van der Waals surface area contributed by atoms with Crippen LogP contribution in [0.25, 0.3) is 0 Å². The lowest BCUT2D eigenvalue weighted by molar-refractivity contribution is 0.151. The lowest BCUT2D eigenvalue weighted by Gasteiger charge is -2.08. The molecular formula is C16H13F2N. The molecule has 0 unspecified atom stereocenters. The molecule has 0 aliphatic heterocycles. The van der Waals surface area contributed by atoms with E-state index in [9.17, 15) is 8.78 Å². The van der Waals surface area contributed by atoms with Crippen LogP contribution < -0.4 is 5.32 Å². The fraction of sp³-hybridized carbons (Fsp3) is 0.125. The van der Waals surface area contributed by atoms with E-state index in [0.29, 0.717) is 6.54 Å². The summed E-state index contributed by atoms with van der Waals surface area (Å²) >= 11 is 0. The number of alkyl halides is 2. The summed E-state index contributed by atoms with van der Waals surface area (Å²) in [5, 5.41) is 3.16. The van der Waals surface area contributed by atoms with Crippen LogP contribution in [-0.4, -0.2) is 0 Å². The molecule has 0 atom stereocenters. The third kappa shape index (κ3) is 3.56. The van der Waals surface area contributed by atoms with Crippen molar-refractivity contribution in [2.24, 2.45) is 0 Å². The first kappa shape index (κ1) is 13.1. The molecule has 0 bridgehead atoms. The molecular weight excluding hydrogens is 244 g/mol. The maximum Gasteiger partial charge on any atom is 0.263 e. The minimum Gasteiger partial charge on any atom is -0.381 e. The van der Waals surface area contributed by atoms with Gasteiger partial charge >= 0.3 is 0 Å². The van der Waals surface area contributed by atoms with Crippen LogP contribution in [-0.2, 0) is 6.54 Å². The highest BCUT2D eigenvalue weighted by Gasteiger charge is 2.06. The van der Waals surface area contributed by atoms with E-state index in [4.69, 9.17) is 6.42 Å². The normalized spacial score (nSPS) is 10.2. The van der Waals surface area contributed by atoms with Crippen LogP contribution in [0.4, 0.5) is 14.5 Å². The topological polar surface area (TPSA) is 12.0 Å². The van der Waals surface area contributed by atoms with Crippen LogP contribution in [0, 0.1) is 12.3 Å². The van der Waals surface area contributed by atoms with Crippen LogP contribution in [0.3, 0.4) is 0 Å². The van der Waals surface area contributed by atoms with Crippen molar-refractivity contribution in [3.8, 4) is 12.3 Å². The van der Waals surface area contributed by atoms with Crippen molar-refractivity contribution >= 4 is 5.69 Å². The highest BCUT2D eigenvalue weighted by Crippen LogP contribution is 2.20. The molecule has 0 fully saturated rings. The Morgan fingerprint density at radius 2 is 1.89 bits per heavy atom. The molecule has 0 aliphatic carbocycles. The Balaban J connectivity index is 2.06. The zero-order valence-electron chi connectivity index (χ0n) is 10.2. The van der Waals surface area contributed by atoms with Gasteiger partial charge in [0.15, 0.2) is 0 Å². The molecule has 1 N–H and O–H groups in total. The predicted octanol–water partition coefficient (Wildman–Crippen LogP) is 4.22. The molecule has 96 valence electrons. The summed E-state index contributed by atoms with van der Waals surface area (Å²) in [6.07, 6.45) is 2.88. The van der Waals surface area contributed by atoms with Gasteiger partial charge in [-0.2, -0.15) is 0 Å². The summed E-state index contributed by atoms with van der Waals surface area (Å²) in [6, 6.07) is 13.8. The SMILES string of the molecule is C#Cc1cccc(NCc2cccc(C(F)F)c2)c1. The third-order valence-corrected chi connectivity index (χ3v) is 2.73. The van der Waals surface area contributed by atoms with E-state index >= 15 is 0 Å². The number of benzene rings is 2. The summed E-state index contributed by atoms with van der Waals surface area (Å²) < 4.78 is 25.1. The van der Waals surface area contributed by atoms with Crippen molar-refractivity contribution in [2.45, 2.75) is 13.0 Å². The molecule has 0 saturated carbocycles. The van der Waals surface area contributed by atoms with Gasteiger partial charge in [0.1, 0.15) is 0 Å². The van der Waals surface area contributed by atoms with Crippen LogP contribution in [0.15, 0.2) is 48.5 Å². The smallest absolute Gasteiger partial charge is 0.263 e. The second-order valence-corrected chi connectivity index (χ2v) is 4.12. The fourth-order valence-corrected chi connectivity index (χ4v) is 1.76. The van der Waals surface area contributed by atoms with Gasteiger partial charge in [0.05, 0.1) is 0 Å². The number of terminal acetylenes is 1. The van der Waals surface area contributed by atoms with Gasteiger partial charge in [-0.05, 0) is 29.8 Å². The first-order chi connectivity index (χ1) is 9.19. The van der Waals surface area contributed by atoms with Crippen molar-refractivity contribution in [1.82, 2.24) is 0 Å². The Morgan fingerprint density at radius 1 is 1.11 bits per heavy atom. The predicted molar refractivity (Wildman–Crippen MR) is 73.1 cm³/mol. The van der Waals surface area contributed by atoms with Crippen molar-refractivity contribution in [3.63, 3.8) is 0 Å². The van der Waals surface area contributed by atoms with Gasteiger partial charge in [-0.3, -0.25) is 0 Å². The summed E-state index contributed by atoms with van der Waals surface area (Å²) in [4.78, 5) is 0. The molecule has 1 nitrogen and oxygen atoms in total. The van der Waals surface area contributed by atoms with Gasteiger partial charge in [0, 0.05) is 23.4 Å². The maximum absolute atomic E-state index is 12.6. The minimum atomic E-state index is -2.44. The van der Waals surface area contributed by atoms with Gasteiger partial charge in [0.25, 0.3) is 6.43 Å². The van der Waals surface area contributed by atoms with Crippen molar-refractivity contribution in [2.75, 3.05) is 5.32 Å². The Bertz CT molecular complexity index is 600. The van der Waals surface area contributed by atoms with Gasteiger partial charge in [0.2, 0.25) is 0 Å². The summed E-state index contributed by atoms with van der Waals surface area (Å²) in [6.45, 7) is 0.481. The molecule has 0 aliphatic rings. The number of hydrogen-bond acceptors (Lipinski definition) is 1. The van der Waals surface area contributed by atoms with Gasteiger partial charge in [-0.15, -0.1) is 6.42 Å². The highest BCUT2D eigenvalue weighted by molar-refractivity contribution is 5.50. The number of halogens is 2. The molecule has 0 radical (unpaired) electrons. The highest BCUT2D eigenvalue weighted by atomic mass is 19.3. The molecule has 0 heterocycles. The molecule has 2 aromatic carbocycles. The van der Waals surface area contributed by atoms with Crippen molar-refractivity contribution in [3.05, 3.63) is 65.2 Å². The number of nitrogens with one attached hydrogen (secondary N) is 1. The van der Waals surface area contributed by atoms with Crippen molar-refractivity contribution < 1.29 is 8.78 Å². The largest absolute Gasteiger partial charge is 0.381 e. The molecule has 0 saturated heterocycles. The lowest BCUT2D eigenvalue weighted by atomic mass is 10.1. The average molecular weight is 257 g/mol. The molecule has 0 spiro atoms. The Morgan fingerprint density at radius 3 is 2.63 bits per heavy atom. The van der Waals surface area contributed by atoms with Gasteiger partial charge in [-0.1, -0.05) is 30.2 Å². The standard InChI is InChI=1S/C16H13F2N/c1-2-12-5-4-8-15(10-12)19-11-13-6-3-7-14(9-13)16(17)18/h1,3-10,16,19H,11H2. The van der Waals surface area contributed by atoms with Gasteiger partial charge < -0.3 is 5.32 Å². The van der Waals surface area contributed by atoms with Gasteiger partial charge in [-0.25, -0.2) is 8.78 Å². The van der Waals surface area contributed by atoms with Crippen LogP contribution in [0.1, 0.15) is 23.1 Å². The molecule has 0 amide bonds. The van der Waals surface area contributed by atoms with E-state index < -0.39 is 6.43 Å². The number of anilines is 1. The zero-order valence-corrected chi connectivity index (χ0v) is 10.2. The Kier molecular flexibility index (Phi) is 4.15. The first-order valence-electron chi connectivity index (χ1n) is 5.86. The summed E-state index contributed by atoms with van der Waals surface area (Å²) in [5.74, 6) is 2.55. The molecule has 3 heteroatoms. The Labute approximate surface area is 111 Å². The first-order valence-corrected chi connectivity index (χ1v) is 5.86. The average Bonchev–Trinajstić information content (AvgIpc) is 2.45. The van der Waals surface area contributed by atoms with E-state index in [1.54, 1.807) is 6.07 Å². The van der Waals surface area contributed by atoms with Crippen LogP contribution in [0.2, 0.25) is 0 Å². The van der Waals surface area contributed by atoms with Crippen LogP contribution in [0.5, 0.6) is 0 Å². The van der Waals surface area contributed by atoms with Crippen LogP contribution >= 0.6 is 0 Å². The molecule has 2 rings (SSSR count). The zero-order chi connectivity index (χ0) is 13.7. The Hall–Kier alpha value is -2.34. The molecule has 2 aromatic rings. The molecule has 19 heavy (non-hydrogen) atoms. The number of rotatable bonds is 4. The second kappa shape index (κ2) is 6.01.